The Balaban J connectivity index is 1.93. The number of hydrogen-bond acceptors (Lipinski definition) is 3. The smallest absolute Gasteiger partial charge is 0.0738 e. The van der Waals surface area contributed by atoms with Crippen LogP contribution >= 0.6 is 23.2 Å². The zero-order valence-electron chi connectivity index (χ0n) is 12.6. The van der Waals surface area contributed by atoms with Crippen molar-refractivity contribution in [1.82, 2.24) is 4.98 Å². The minimum Gasteiger partial charge on any atom is -0.277 e. The molecule has 3 nitrogen and oxygen atoms in total. The van der Waals surface area contributed by atoms with E-state index in [1.54, 1.807) is 6.20 Å². The van der Waals surface area contributed by atoms with Gasteiger partial charge in [0.1, 0.15) is 0 Å². The normalized spacial score (nSPS) is 11.7. The summed E-state index contributed by atoms with van der Waals surface area (Å²) in [5, 5.41) is 6.91. The maximum atomic E-state index is 6.02. The van der Waals surface area contributed by atoms with Gasteiger partial charge in [-0.05, 0) is 48.4 Å². The van der Waals surface area contributed by atoms with Gasteiger partial charge in [-0.2, -0.15) is 5.10 Å². The average molecular weight is 344 g/mol. The highest BCUT2D eigenvalue weighted by Crippen LogP contribution is 2.24. The van der Waals surface area contributed by atoms with E-state index in [2.05, 4.69) is 22.4 Å². The molecule has 0 bridgehead atoms. The third-order valence-electron chi connectivity index (χ3n) is 3.53. The number of nitrogens with one attached hydrogen (secondary N) is 1. The summed E-state index contributed by atoms with van der Waals surface area (Å²) >= 11 is 12.0. The van der Waals surface area contributed by atoms with E-state index in [-0.39, 0.29) is 0 Å². The predicted molar refractivity (Wildman–Crippen MR) is 98.7 cm³/mol. The van der Waals surface area contributed by atoms with Crippen molar-refractivity contribution in [2.45, 2.75) is 13.3 Å². The quantitative estimate of drug-likeness (QED) is 0.482. The fraction of sp³-hybridized carbons (Fsp3) is 0.111. The molecule has 0 aliphatic heterocycles. The molecule has 0 aliphatic carbocycles. The molecule has 2 aromatic carbocycles. The predicted octanol–water partition coefficient (Wildman–Crippen LogP) is 5.77. The molecule has 0 saturated heterocycles. The molecule has 1 aromatic heterocycles. The van der Waals surface area contributed by atoms with E-state index < -0.39 is 0 Å². The maximum absolute atomic E-state index is 6.02. The van der Waals surface area contributed by atoms with Gasteiger partial charge in [0, 0.05) is 21.6 Å². The van der Waals surface area contributed by atoms with Gasteiger partial charge in [0.2, 0.25) is 0 Å². The summed E-state index contributed by atoms with van der Waals surface area (Å²) in [7, 11) is 0. The zero-order valence-corrected chi connectivity index (χ0v) is 14.1. The molecule has 1 heterocycles. The molecule has 0 fully saturated rings. The largest absolute Gasteiger partial charge is 0.277 e. The van der Waals surface area contributed by atoms with Crippen LogP contribution in [0.5, 0.6) is 0 Å². The SMILES string of the molecule is CCC(=NNc1ccnc2cc(Cl)ccc12)c1ccc(Cl)cc1. The van der Waals surface area contributed by atoms with E-state index >= 15 is 0 Å². The number of halogens is 2. The second-order valence-corrected chi connectivity index (χ2v) is 5.92. The lowest BCUT2D eigenvalue weighted by Crippen LogP contribution is -2.03. The first-order valence-electron chi connectivity index (χ1n) is 7.30. The van der Waals surface area contributed by atoms with Crippen molar-refractivity contribution in [3.8, 4) is 0 Å². The van der Waals surface area contributed by atoms with E-state index in [4.69, 9.17) is 23.2 Å². The minimum atomic E-state index is 0.668. The van der Waals surface area contributed by atoms with Gasteiger partial charge >= 0.3 is 0 Å². The number of fused-ring (bicyclic) bond motifs is 1. The highest BCUT2D eigenvalue weighted by molar-refractivity contribution is 6.31. The monoisotopic (exact) mass is 343 g/mol. The summed E-state index contributed by atoms with van der Waals surface area (Å²) in [6.45, 7) is 2.07. The maximum Gasteiger partial charge on any atom is 0.0738 e. The van der Waals surface area contributed by atoms with Crippen molar-refractivity contribution in [3.05, 3.63) is 70.3 Å². The Morgan fingerprint density at radius 3 is 2.52 bits per heavy atom. The van der Waals surface area contributed by atoms with E-state index in [9.17, 15) is 0 Å². The molecule has 3 aromatic rings. The lowest BCUT2D eigenvalue weighted by Gasteiger charge is -2.08. The molecule has 23 heavy (non-hydrogen) atoms. The van der Waals surface area contributed by atoms with Crippen molar-refractivity contribution in [2.75, 3.05) is 5.43 Å². The molecule has 0 amide bonds. The van der Waals surface area contributed by atoms with Crippen LogP contribution in [0.4, 0.5) is 5.69 Å². The second kappa shape index (κ2) is 6.99. The Kier molecular flexibility index (Phi) is 4.79. The molecule has 0 aliphatic rings. The average Bonchev–Trinajstić information content (AvgIpc) is 2.56. The summed E-state index contributed by atoms with van der Waals surface area (Å²) in [6.07, 6.45) is 2.55. The van der Waals surface area contributed by atoms with Crippen LogP contribution in [0.2, 0.25) is 10.0 Å². The van der Waals surface area contributed by atoms with Gasteiger partial charge in [-0.1, -0.05) is 42.3 Å². The van der Waals surface area contributed by atoms with Gasteiger partial charge in [0.15, 0.2) is 0 Å². The van der Waals surface area contributed by atoms with Gasteiger partial charge in [0.05, 0.1) is 16.9 Å². The molecule has 1 N–H and O–H groups in total. The number of nitrogens with zero attached hydrogens (tertiary/aromatic N) is 2. The third kappa shape index (κ3) is 3.63. The van der Waals surface area contributed by atoms with Crippen LogP contribution in [-0.2, 0) is 0 Å². The summed E-state index contributed by atoms with van der Waals surface area (Å²) in [6, 6.07) is 15.2. The van der Waals surface area contributed by atoms with Crippen molar-refractivity contribution in [1.29, 1.82) is 0 Å². The third-order valence-corrected chi connectivity index (χ3v) is 4.02. The van der Waals surface area contributed by atoms with E-state index in [0.29, 0.717) is 10.0 Å². The number of hydrazone groups is 1. The van der Waals surface area contributed by atoms with Crippen molar-refractivity contribution in [2.24, 2.45) is 5.10 Å². The summed E-state index contributed by atoms with van der Waals surface area (Å²) in [4.78, 5) is 4.33. The molecular formula is C18H15Cl2N3. The molecule has 0 saturated carbocycles. The minimum absolute atomic E-state index is 0.668. The van der Waals surface area contributed by atoms with Gasteiger partial charge in [-0.3, -0.25) is 10.4 Å². The first-order chi connectivity index (χ1) is 11.2. The fourth-order valence-electron chi connectivity index (χ4n) is 2.34. The Labute approximate surface area is 145 Å². The Bertz CT molecular complexity index is 858. The van der Waals surface area contributed by atoms with Gasteiger partial charge < -0.3 is 0 Å². The lowest BCUT2D eigenvalue weighted by atomic mass is 10.1. The van der Waals surface area contributed by atoms with E-state index in [0.717, 1.165) is 34.3 Å². The van der Waals surface area contributed by atoms with Crippen molar-refractivity contribution >= 4 is 45.5 Å². The first-order valence-corrected chi connectivity index (χ1v) is 8.05. The standard InChI is InChI=1S/C18H15Cl2N3/c1-2-16(12-3-5-13(19)6-4-12)22-23-17-9-10-21-18-11-14(20)7-8-15(17)18/h3-11H,2H2,1H3,(H,21,23). The highest BCUT2D eigenvalue weighted by Gasteiger charge is 2.04. The van der Waals surface area contributed by atoms with Crippen molar-refractivity contribution < 1.29 is 0 Å². The lowest BCUT2D eigenvalue weighted by molar-refractivity contribution is 1.22. The number of rotatable bonds is 4. The number of anilines is 1. The molecule has 0 spiro atoms. The summed E-state index contributed by atoms with van der Waals surface area (Å²) < 4.78 is 0. The molecule has 0 unspecified atom stereocenters. The van der Waals surface area contributed by atoms with Crippen LogP contribution in [0.1, 0.15) is 18.9 Å². The zero-order chi connectivity index (χ0) is 16.2. The number of pyridine rings is 1. The molecule has 5 heteroatoms. The van der Waals surface area contributed by atoms with E-state index in [1.807, 2.05) is 48.5 Å². The number of benzene rings is 2. The van der Waals surface area contributed by atoms with Crippen LogP contribution in [0.15, 0.2) is 59.8 Å². The molecule has 3 rings (SSSR count). The van der Waals surface area contributed by atoms with Gasteiger partial charge in [-0.25, -0.2) is 0 Å². The van der Waals surface area contributed by atoms with Crippen LogP contribution in [-0.4, -0.2) is 10.7 Å². The Hall–Kier alpha value is -2.10. The summed E-state index contributed by atoms with van der Waals surface area (Å²) in [5.74, 6) is 0. The van der Waals surface area contributed by atoms with Gasteiger partial charge in [0.25, 0.3) is 0 Å². The summed E-state index contributed by atoms with van der Waals surface area (Å²) in [5.41, 5.74) is 6.88. The van der Waals surface area contributed by atoms with E-state index in [1.165, 1.54) is 0 Å². The van der Waals surface area contributed by atoms with Crippen LogP contribution in [0.25, 0.3) is 10.9 Å². The molecule has 116 valence electrons. The molecular weight excluding hydrogens is 329 g/mol. The Morgan fingerprint density at radius 1 is 1.04 bits per heavy atom. The van der Waals surface area contributed by atoms with Crippen LogP contribution in [0, 0.1) is 0 Å². The Morgan fingerprint density at radius 2 is 1.78 bits per heavy atom. The fourth-order valence-corrected chi connectivity index (χ4v) is 2.63. The van der Waals surface area contributed by atoms with Crippen LogP contribution < -0.4 is 5.43 Å². The second-order valence-electron chi connectivity index (χ2n) is 5.05. The van der Waals surface area contributed by atoms with Crippen molar-refractivity contribution in [3.63, 3.8) is 0 Å². The highest BCUT2D eigenvalue weighted by atomic mass is 35.5. The number of aromatic nitrogens is 1. The number of hydrogen-bond donors (Lipinski definition) is 1. The molecule has 0 radical (unpaired) electrons. The first kappa shape index (κ1) is 15.8. The molecule has 0 atom stereocenters. The van der Waals surface area contributed by atoms with Gasteiger partial charge in [-0.15, -0.1) is 0 Å². The topological polar surface area (TPSA) is 37.3 Å². The van der Waals surface area contributed by atoms with Crippen LogP contribution in [0.3, 0.4) is 0 Å².